The van der Waals surface area contributed by atoms with Gasteiger partial charge in [0.1, 0.15) is 4.32 Å². The Morgan fingerprint density at radius 3 is 2.27 bits per heavy atom. The number of carbonyl (C=O) groups excluding carboxylic acids is 1. The van der Waals surface area contributed by atoms with Crippen molar-refractivity contribution in [2.45, 2.75) is 18.7 Å². The van der Waals surface area contributed by atoms with Crippen LogP contribution in [-0.2, 0) is 14.8 Å². The van der Waals surface area contributed by atoms with Crippen LogP contribution in [0.1, 0.15) is 13.8 Å². The van der Waals surface area contributed by atoms with Gasteiger partial charge in [-0.3, -0.25) is 4.79 Å². The molecule has 0 aliphatic carbocycles. The predicted molar refractivity (Wildman–Crippen MR) is 94.4 cm³/mol. The van der Waals surface area contributed by atoms with Crippen LogP contribution in [0, 0.1) is 0 Å². The molecule has 0 atom stereocenters. The Hall–Kier alpha value is -1.16. The summed E-state index contributed by atoms with van der Waals surface area (Å²) in [6.07, 6.45) is 0. The van der Waals surface area contributed by atoms with E-state index in [1.807, 2.05) is 18.7 Å². The van der Waals surface area contributed by atoms with Crippen LogP contribution < -0.4 is 10.5 Å². The van der Waals surface area contributed by atoms with Gasteiger partial charge in [-0.15, -0.1) is 0 Å². The number of hydrogen-bond donors (Lipinski definition) is 2. The molecule has 0 fully saturated rings. The minimum atomic E-state index is -3.72. The highest BCUT2D eigenvalue weighted by Gasteiger charge is 2.11. The first-order valence-electron chi connectivity index (χ1n) is 6.62. The molecular formula is C13H19N3O3S3. The third-order valence-electron chi connectivity index (χ3n) is 2.81. The number of benzene rings is 1. The number of sulfonamides is 1. The van der Waals surface area contributed by atoms with Crippen LogP contribution in [0.4, 0.5) is 5.69 Å². The van der Waals surface area contributed by atoms with E-state index in [0.717, 1.165) is 13.1 Å². The van der Waals surface area contributed by atoms with E-state index in [9.17, 15) is 13.2 Å². The van der Waals surface area contributed by atoms with Gasteiger partial charge in [0.15, 0.2) is 0 Å². The number of anilines is 1. The standard InChI is InChI=1S/C13H19N3O3S3/c1-3-16(4-2)13(20)21-9-12(17)15-10-5-7-11(8-6-10)22(14,18)19/h5-8H,3-4,9H2,1-2H3,(H,15,17)(H2,14,18,19). The lowest BCUT2D eigenvalue weighted by Crippen LogP contribution is -2.28. The monoisotopic (exact) mass is 361 g/mol. The lowest BCUT2D eigenvalue weighted by Gasteiger charge is -2.20. The topological polar surface area (TPSA) is 92.5 Å². The van der Waals surface area contributed by atoms with Crippen molar-refractivity contribution < 1.29 is 13.2 Å². The normalized spacial score (nSPS) is 11.0. The Kier molecular flexibility index (Phi) is 7.27. The van der Waals surface area contributed by atoms with Crippen molar-refractivity contribution in [3.8, 4) is 0 Å². The first-order valence-corrected chi connectivity index (χ1v) is 9.56. The summed E-state index contributed by atoms with van der Waals surface area (Å²) in [7, 11) is -3.72. The number of thioether (sulfide) groups is 1. The highest BCUT2D eigenvalue weighted by Crippen LogP contribution is 2.14. The zero-order valence-electron chi connectivity index (χ0n) is 12.4. The number of nitrogens with two attached hydrogens (primary N) is 1. The second-order valence-electron chi connectivity index (χ2n) is 4.34. The summed E-state index contributed by atoms with van der Waals surface area (Å²) in [6.45, 7) is 5.62. The Morgan fingerprint density at radius 2 is 1.82 bits per heavy atom. The summed E-state index contributed by atoms with van der Waals surface area (Å²) in [6, 6.07) is 5.67. The van der Waals surface area contributed by atoms with Gasteiger partial charge in [0.25, 0.3) is 0 Å². The van der Waals surface area contributed by atoms with Gasteiger partial charge in [0, 0.05) is 18.8 Å². The van der Waals surface area contributed by atoms with Gasteiger partial charge in [0.05, 0.1) is 10.6 Å². The summed E-state index contributed by atoms with van der Waals surface area (Å²) in [5, 5.41) is 7.68. The molecule has 6 nitrogen and oxygen atoms in total. The highest BCUT2D eigenvalue weighted by atomic mass is 32.2. The smallest absolute Gasteiger partial charge is 0.238 e. The molecule has 0 saturated heterocycles. The van der Waals surface area contributed by atoms with Crippen molar-refractivity contribution in [3.05, 3.63) is 24.3 Å². The number of rotatable bonds is 6. The number of thiocarbonyl (C=S) groups is 1. The quantitative estimate of drug-likeness (QED) is 0.748. The molecule has 0 radical (unpaired) electrons. The average molecular weight is 362 g/mol. The minimum absolute atomic E-state index is 0.00239. The van der Waals surface area contributed by atoms with Crippen LogP contribution in [0.5, 0.6) is 0 Å². The Morgan fingerprint density at radius 1 is 1.27 bits per heavy atom. The zero-order valence-corrected chi connectivity index (χ0v) is 14.9. The van der Waals surface area contributed by atoms with E-state index in [0.29, 0.717) is 10.0 Å². The summed E-state index contributed by atoms with van der Waals surface area (Å²) in [5.74, 6) is -0.00502. The van der Waals surface area contributed by atoms with Crippen molar-refractivity contribution in [2.75, 3.05) is 24.2 Å². The molecule has 0 bridgehead atoms. The molecule has 122 valence electrons. The fourth-order valence-corrected chi connectivity index (χ4v) is 3.34. The lowest BCUT2D eigenvalue weighted by atomic mass is 10.3. The molecule has 3 N–H and O–H groups in total. The average Bonchev–Trinajstić information content (AvgIpc) is 2.46. The second-order valence-corrected chi connectivity index (χ2v) is 7.52. The van der Waals surface area contributed by atoms with Gasteiger partial charge in [-0.05, 0) is 38.1 Å². The number of hydrogen-bond acceptors (Lipinski definition) is 5. The van der Waals surface area contributed by atoms with Crippen molar-refractivity contribution in [1.82, 2.24) is 4.90 Å². The summed E-state index contributed by atoms with van der Waals surface area (Å²) in [5.41, 5.74) is 0.506. The molecule has 1 rings (SSSR count). The fourth-order valence-electron chi connectivity index (χ4n) is 1.63. The molecule has 0 aliphatic rings. The van der Waals surface area contributed by atoms with Gasteiger partial charge >= 0.3 is 0 Å². The van der Waals surface area contributed by atoms with E-state index in [4.69, 9.17) is 17.4 Å². The van der Waals surface area contributed by atoms with E-state index < -0.39 is 10.0 Å². The maximum Gasteiger partial charge on any atom is 0.238 e. The third-order valence-corrected chi connectivity index (χ3v) is 5.27. The highest BCUT2D eigenvalue weighted by molar-refractivity contribution is 8.23. The molecule has 0 unspecified atom stereocenters. The van der Waals surface area contributed by atoms with Gasteiger partial charge in [0.2, 0.25) is 15.9 Å². The molecule has 0 aliphatic heterocycles. The molecule has 1 aromatic rings. The summed E-state index contributed by atoms with van der Waals surface area (Å²) in [4.78, 5) is 13.8. The summed E-state index contributed by atoms with van der Waals surface area (Å²) < 4.78 is 23.0. The van der Waals surface area contributed by atoms with Crippen molar-refractivity contribution in [3.63, 3.8) is 0 Å². The van der Waals surface area contributed by atoms with E-state index in [-0.39, 0.29) is 16.6 Å². The first-order chi connectivity index (χ1) is 10.3. The zero-order chi connectivity index (χ0) is 16.8. The molecule has 22 heavy (non-hydrogen) atoms. The molecule has 0 spiro atoms. The van der Waals surface area contributed by atoms with Gasteiger partial charge in [-0.1, -0.05) is 24.0 Å². The molecule has 9 heteroatoms. The van der Waals surface area contributed by atoms with Crippen LogP contribution in [0.2, 0.25) is 0 Å². The van der Waals surface area contributed by atoms with E-state index >= 15 is 0 Å². The number of nitrogens with zero attached hydrogens (tertiary/aromatic N) is 1. The number of amides is 1. The van der Waals surface area contributed by atoms with Crippen molar-refractivity contribution in [2.24, 2.45) is 5.14 Å². The van der Waals surface area contributed by atoms with Crippen LogP contribution in [-0.4, -0.2) is 42.4 Å². The van der Waals surface area contributed by atoms with E-state index in [2.05, 4.69) is 5.32 Å². The van der Waals surface area contributed by atoms with Gasteiger partial charge in [-0.2, -0.15) is 0 Å². The Labute approximate surface area is 140 Å². The molecule has 1 aromatic carbocycles. The van der Waals surface area contributed by atoms with E-state index in [1.165, 1.54) is 36.0 Å². The SMILES string of the molecule is CCN(CC)C(=S)SCC(=O)Nc1ccc(S(N)(=O)=O)cc1. The predicted octanol–water partition coefficient (Wildman–Crippen LogP) is 1.63. The van der Waals surface area contributed by atoms with Crippen molar-refractivity contribution in [1.29, 1.82) is 0 Å². The van der Waals surface area contributed by atoms with E-state index in [1.54, 1.807) is 0 Å². The number of nitrogens with one attached hydrogen (secondary N) is 1. The molecule has 1 amide bonds. The molecule has 0 heterocycles. The number of primary sulfonamides is 1. The maximum absolute atomic E-state index is 11.8. The van der Waals surface area contributed by atoms with Crippen LogP contribution in [0.3, 0.4) is 0 Å². The second kappa shape index (κ2) is 8.47. The molecular weight excluding hydrogens is 342 g/mol. The maximum atomic E-state index is 11.8. The minimum Gasteiger partial charge on any atom is -0.358 e. The first kappa shape index (κ1) is 18.9. The summed E-state index contributed by atoms with van der Waals surface area (Å²) >= 11 is 6.54. The lowest BCUT2D eigenvalue weighted by molar-refractivity contribution is -0.113. The van der Waals surface area contributed by atoms with Crippen LogP contribution >= 0.6 is 24.0 Å². The number of carbonyl (C=O) groups is 1. The molecule has 0 saturated carbocycles. The van der Waals surface area contributed by atoms with Gasteiger partial charge < -0.3 is 10.2 Å². The van der Waals surface area contributed by atoms with Crippen LogP contribution in [0.25, 0.3) is 0 Å². The Bertz CT molecular complexity index is 626. The van der Waals surface area contributed by atoms with Crippen molar-refractivity contribution >= 4 is 49.9 Å². The molecule has 0 aromatic heterocycles. The van der Waals surface area contributed by atoms with Crippen LogP contribution in [0.15, 0.2) is 29.2 Å². The fraction of sp³-hybridized carbons (Fsp3) is 0.385. The Balaban J connectivity index is 2.54. The largest absolute Gasteiger partial charge is 0.358 e. The van der Waals surface area contributed by atoms with Gasteiger partial charge in [-0.25, -0.2) is 13.6 Å². The third kappa shape index (κ3) is 5.91.